The first-order valence-electron chi connectivity index (χ1n) is 9.90. The fraction of sp³-hybridized carbons (Fsp3) is 0.391. The first kappa shape index (κ1) is 20.9. The van der Waals surface area contributed by atoms with Gasteiger partial charge in [0.25, 0.3) is 5.91 Å². The fourth-order valence-electron chi connectivity index (χ4n) is 3.50. The summed E-state index contributed by atoms with van der Waals surface area (Å²) in [6, 6.07) is 14.9. The van der Waals surface area contributed by atoms with Gasteiger partial charge in [-0.1, -0.05) is 31.2 Å². The summed E-state index contributed by atoms with van der Waals surface area (Å²) in [6.45, 7) is 4.59. The lowest BCUT2D eigenvalue weighted by Gasteiger charge is -2.22. The van der Waals surface area contributed by atoms with Crippen LogP contribution in [0.3, 0.4) is 0 Å². The second-order valence-corrected chi connectivity index (χ2v) is 7.99. The second kappa shape index (κ2) is 9.09. The summed E-state index contributed by atoms with van der Waals surface area (Å²) in [5.41, 5.74) is 8.40. The van der Waals surface area contributed by atoms with Crippen molar-refractivity contribution in [3.05, 3.63) is 65.2 Å². The topological polar surface area (TPSA) is 84.7 Å². The second-order valence-electron chi connectivity index (χ2n) is 7.99. The molecule has 0 saturated carbocycles. The van der Waals surface area contributed by atoms with Crippen molar-refractivity contribution in [2.45, 2.75) is 26.3 Å². The molecule has 154 valence electrons. The van der Waals surface area contributed by atoms with Crippen LogP contribution in [0.5, 0.6) is 5.75 Å². The summed E-state index contributed by atoms with van der Waals surface area (Å²) in [5.74, 6) is 0.760. The number of hydrogen-bond donors (Lipinski definition) is 2. The standard InChI is InChI=1S/C23H29N3O3/c1-23(15-24)11-12-26(16-23)22(28)19-7-3-18(4-8-19)14-25-21(27)13-17-5-9-20(29-2)10-6-17/h3-10H,11-16,24H2,1-2H3,(H,25,27). The van der Waals surface area contributed by atoms with Crippen molar-refractivity contribution in [1.82, 2.24) is 10.2 Å². The molecule has 3 N–H and O–H groups in total. The van der Waals surface area contributed by atoms with E-state index in [-0.39, 0.29) is 17.2 Å². The van der Waals surface area contributed by atoms with Gasteiger partial charge in [0.2, 0.25) is 5.91 Å². The molecule has 2 aromatic carbocycles. The first-order valence-corrected chi connectivity index (χ1v) is 9.90. The van der Waals surface area contributed by atoms with Crippen LogP contribution in [0.15, 0.2) is 48.5 Å². The number of nitrogens with zero attached hydrogens (tertiary/aromatic N) is 1. The van der Waals surface area contributed by atoms with Crippen LogP contribution in [-0.2, 0) is 17.8 Å². The summed E-state index contributed by atoms with van der Waals surface area (Å²) >= 11 is 0. The van der Waals surface area contributed by atoms with E-state index in [1.807, 2.05) is 53.4 Å². The molecule has 1 heterocycles. The van der Waals surface area contributed by atoms with Crippen LogP contribution >= 0.6 is 0 Å². The Labute approximate surface area is 172 Å². The van der Waals surface area contributed by atoms with Crippen molar-refractivity contribution < 1.29 is 14.3 Å². The molecule has 6 heteroatoms. The Morgan fingerprint density at radius 3 is 2.34 bits per heavy atom. The lowest BCUT2D eigenvalue weighted by molar-refractivity contribution is -0.120. The summed E-state index contributed by atoms with van der Waals surface area (Å²) in [4.78, 5) is 26.7. The molecule has 6 nitrogen and oxygen atoms in total. The van der Waals surface area contributed by atoms with Gasteiger partial charge in [-0.05, 0) is 53.8 Å². The zero-order valence-electron chi connectivity index (χ0n) is 17.1. The van der Waals surface area contributed by atoms with E-state index in [0.29, 0.717) is 31.6 Å². The minimum absolute atomic E-state index is 0.0176. The Hall–Kier alpha value is -2.86. The Kier molecular flexibility index (Phi) is 6.54. The van der Waals surface area contributed by atoms with Crippen LogP contribution in [0.2, 0.25) is 0 Å². The van der Waals surface area contributed by atoms with Crippen LogP contribution in [-0.4, -0.2) is 43.5 Å². The number of hydrogen-bond acceptors (Lipinski definition) is 4. The fourth-order valence-corrected chi connectivity index (χ4v) is 3.50. The number of amides is 2. The monoisotopic (exact) mass is 395 g/mol. The molecular weight excluding hydrogens is 366 g/mol. The molecule has 3 rings (SSSR count). The van der Waals surface area contributed by atoms with Crippen molar-refractivity contribution in [2.75, 3.05) is 26.7 Å². The van der Waals surface area contributed by atoms with E-state index in [4.69, 9.17) is 10.5 Å². The van der Waals surface area contributed by atoms with Crippen LogP contribution < -0.4 is 15.8 Å². The maximum Gasteiger partial charge on any atom is 0.253 e. The van der Waals surface area contributed by atoms with E-state index < -0.39 is 0 Å². The molecule has 1 aliphatic rings. The number of rotatable bonds is 7. The number of ether oxygens (including phenoxy) is 1. The zero-order chi connectivity index (χ0) is 20.9. The van der Waals surface area contributed by atoms with E-state index in [1.54, 1.807) is 7.11 Å². The molecule has 0 aliphatic carbocycles. The zero-order valence-corrected chi connectivity index (χ0v) is 17.1. The highest BCUT2D eigenvalue weighted by molar-refractivity contribution is 5.94. The Bertz CT molecular complexity index is 849. The van der Waals surface area contributed by atoms with Gasteiger partial charge in [0.15, 0.2) is 0 Å². The largest absolute Gasteiger partial charge is 0.497 e. The molecule has 1 saturated heterocycles. The molecule has 2 amide bonds. The van der Waals surface area contributed by atoms with Crippen LogP contribution in [0, 0.1) is 5.41 Å². The predicted octanol–water partition coefficient (Wildman–Crippen LogP) is 2.37. The normalized spacial score (nSPS) is 18.5. The van der Waals surface area contributed by atoms with Gasteiger partial charge in [-0.2, -0.15) is 0 Å². The Balaban J connectivity index is 1.50. The first-order chi connectivity index (χ1) is 13.9. The van der Waals surface area contributed by atoms with Gasteiger partial charge in [-0.3, -0.25) is 9.59 Å². The number of likely N-dealkylation sites (tertiary alicyclic amines) is 1. The number of carbonyl (C=O) groups is 2. The number of nitrogens with one attached hydrogen (secondary N) is 1. The highest BCUT2D eigenvalue weighted by atomic mass is 16.5. The number of methoxy groups -OCH3 is 1. The molecule has 1 unspecified atom stereocenters. The van der Waals surface area contributed by atoms with E-state index in [9.17, 15) is 9.59 Å². The number of benzene rings is 2. The van der Waals surface area contributed by atoms with Crippen molar-refractivity contribution in [3.8, 4) is 5.75 Å². The maximum atomic E-state index is 12.7. The van der Waals surface area contributed by atoms with Crippen molar-refractivity contribution in [3.63, 3.8) is 0 Å². The summed E-state index contributed by atoms with van der Waals surface area (Å²) in [5, 5.41) is 2.92. The molecule has 1 atom stereocenters. The molecular formula is C23H29N3O3. The number of carbonyl (C=O) groups excluding carboxylic acids is 2. The van der Waals surface area contributed by atoms with Gasteiger partial charge in [0.05, 0.1) is 13.5 Å². The quantitative estimate of drug-likeness (QED) is 0.754. The van der Waals surface area contributed by atoms with Crippen LogP contribution in [0.1, 0.15) is 34.8 Å². The van der Waals surface area contributed by atoms with Gasteiger partial charge in [0.1, 0.15) is 5.75 Å². The smallest absolute Gasteiger partial charge is 0.253 e. The van der Waals surface area contributed by atoms with Crippen molar-refractivity contribution in [1.29, 1.82) is 0 Å². The lowest BCUT2D eigenvalue weighted by atomic mass is 9.90. The SMILES string of the molecule is COc1ccc(CC(=O)NCc2ccc(C(=O)N3CCC(C)(CN)C3)cc2)cc1. The highest BCUT2D eigenvalue weighted by Crippen LogP contribution is 2.29. The van der Waals surface area contributed by atoms with Gasteiger partial charge in [0, 0.05) is 25.2 Å². The molecule has 0 spiro atoms. The van der Waals surface area contributed by atoms with Gasteiger partial charge >= 0.3 is 0 Å². The highest BCUT2D eigenvalue weighted by Gasteiger charge is 2.35. The molecule has 2 aromatic rings. The number of nitrogens with two attached hydrogens (primary N) is 1. The Morgan fingerprint density at radius 2 is 1.76 bits per heavy atom. The third-order valence-corrected chi connectivity index (χ3v) is 5.55. The summed E-state index contributed by atoms with van der Waals surface area (Å²) in [6.07, 6.45) is 1.25. The average Bonchev–Trinajstić information content (AvgIpc) is 3.15. The van der Waals surface area contributed by atoms with Crippen molar-refractivity contribution in [2.24, 2.45) is 11.1 Å². The third kappa shape index (κ3) is 5.35. The minimum Gasteiger partial charge on any atom is -0.497 e. The van der Waals surface area contributed by atoms with E-state index >= 15 is 0 Å². The van der Waals surface area contributed by atoms with Gasteiger partial charge in [-0.15, -0.1) is 0 Å². The Morgan fingerprint density at radius 1 is 1.10 bits per heavy atom. The van der Waals surface area contributed by atoms with Gasteiger partial charge < -0.3 is 20.7 Å². The molecule has 1 fully saturated rings. The summed E-state index contributed by atoms with van der Waals surface area (Å²) < 4.78 is 5.12. The predicted molar refractivity (Wildman–Crippen MR) is 113 cm³/mol. The lowest BCUT2D eigenvalue weighted by Crippen LogP contribution is -2.34. The van der Waals surface area contributed by atoms with E-state index in [2.05, 4.69) is 12.2 Å². The van der Waals surface area contributed by atoms with Crippen LogP contribution in [0.25, 0.3) is 0 Å². The molecule has 1 aliphatic heterocycles. The van der Waals surface area contributed by atoms with Crippen LogP contribution in [0.4, 0.5) is 0 Å². The summed E-state index contributed by atoms with van der Waals surface area (Å²) in [7, 11) is 1.61. The molecule has 0 radical (unpaired) electrons. The minimum atomic E-state index is -0.0477. The average molecular weight is 396 g/mol. The van der Waals surface area contributed by atoms with E-state index in [1.165, 1.54) is 0 Å². The van der Waals surface area contributed by atoms with E-state index in [0.717, 1.165) is 29.8 Å². The van der Waals surface area contributed by atoms with Gasteiger partial charge in [-0.25, -0.2) is 0 Å². The molecule has 29 heavy (non-hydrogen) atoms. The van der Waals surface area contributed by atoms with Crippen molar-refractivity contribution >= 4 is 11.8 Å². The maximum absolute atomic E-state index is 12.7. The molecule has 0 aromatic heterocycles. The molecule has 0 bridgehead atoms. The third-order valence-electron chi connectivity index (χ3n) is 5.55.